The van der Waals surface area contributed by atoms with Crippen LogP contribution in [-0.4, -0.2) is 86.2 Å². The van der Waals surface area contributed by atoms with Gasteiger partial charge in [-0.15, -0.1) is 0 Å². The molecule has 3 fully saturated rings. The van der Waals surface area contributed by atoms with Gasteiger partial charge < -0.3 is 19.9 Å². The molecule has 3 saturated heterocycles. The molecule has 164 valence electrons. The van der Waals surface area contributed by atoms with E-state index in [1.54, 1.807) is 7.11 Å². The fourth-order valence-electron chi connectivity index (χ4n) is 5.84. The zero-order valence-electron chi connectivity index (χ0n) is 18.2. The van der Waals surface area contributed by atoms with Crippen LogP contribution in [0.15, 0.2) is 30.3 Å². The monoisotopic (exact) mass is 414 g/mol. The predicted molar refractivity (Wildman–Crippen MR) is 116 cm³/mol. The Morgan fingerprint density at radius 2 is 1.83 bits per heavy atom. The summed E-state index contributed by atoms with van der Waals surface area (Å²) in [5.41, 5.74) is 0.458. The smallest absolute Gasteiger partial charge is 0.321 e. The molecule has 7 nitrogen and oxygen atoms in total. The highest BCUT2D eigenvalue weighted by atomic mass is 16.5. The highest BCUT2D eigenvalue weighted by Crippen LogP contribution is 2.57. The molecule has 0 unspecified atom stereocenters. The van der Waals surface area contributed by atoms with Crippen LogP contribution in [0.4, 0.5) is 10.5 Å². The molecule has 30 heavy (non-hydrogen) atoms. The summed E-state index contributed by atoms with van der Waals surface area (Å²) in [6.45, 7) is 8.37. The van der Waals surface area contributed by atoms with E-state index in [-0.39, 0.29) is 16.9 Å². The molecule has 3 heterocycles. The van der Waals surface area contributed by atoms with Gasteiger partial charge in [0.25, 0.3) is 0 Å². The fraction of sp³-hybridized carbons (Fsp3) is 0.652. The van der Waals surface area contributed by atoms with E-state index in [2.05, 4.69) is 17.1 Å². The van der Waals surface area contributed by atoms with Crippen molar-refractivity contribution >= 4 is 17.6 Å². The predicted octanol–water partition coefficient (Wildman–Crippen LogP) is 2.50. The second kappa shape index (κ2) is 8.55. The van der Waals surface area contributed by atoms with Crippen LogP contribution in [0.5, 0.6) is 0 Å². The minimum Gasteiger partial charge on any atom is -0.383 e. The number of likely N-dealkylation sites (tertiary alicyclic amines) is 3. The highest BCUT2D eigenvalue weighted by molar-refractivity contribution is 5.89. The van der Waals surface area contributed by atoms with Gasteiger partial charge in [0.2, 0.25) is 5.91 Å². The van der Waals surface area contributed by atoms with E-state index in [9.17, 15) is 9.59 Å². The third-order valence-corrected chi connectivity index (χ3v) is 7.57. The van der Waals surface area contributed by atoms with E-state index in [0.717, 1.165) is 57.7 Å². The van der Waals surface area contributed by atoms with E-state index in [1.807, 2.05) is 40.1 Å². The first-order valence-corrected chi connectivity index (χ1v) is 11.2. The largest absolute Gasteiger partial charge is 0.383 e. The lowest BCUT2D eigenvalue weighted by Crippen LogP contribution is -2.54. The van der Waals surface area contributed by atoms with E-state index in [0.29, 0.717) is 25.6 Å². The SMILES string of the molecule is CCN1CC[C@@]2(CN(CCOC)CC23CCN(C(=O)Nc2ccccc2)CC3)C1=O. The number of ether oxygens (including phenoxy) is 1. The Bertz CT molecular complexity index is 763. The Morgan fingerprint density at radius 1 is 1.10 bits per heavy atom. The number of carbonyl (C=O) groups excluding carboxylic acids is 2. The lowest BCUT2D eigenvalue weighted by atomic mass is 9.60. The zero-order valence-corrected chi connectivity index (χ0v) is 18.2. The zero-order chi connectivity index (χ0) is 21.2. The van der Waals surface area contributed by atoms with Crippen molar-refractivity contribution < 1.29 is 14.3 Å². The Balaban J connectivity index is 1.48. The number of nitrogens with one attached hydrogen (secondary N) is 1. The molecule has 0 bridgehead atoms. The standard InChI is InChI=1S/C23H34N4O3/c1-3-26-14-11-23(20(26)28)18-25(15-16-30-2)17-22(23)9-12-27(13-10-22)21(29)24-19-7-5-4-6-8-19/h4-8H,3,9-18H2,1-2H3,(H,24,29)/t23-/m1/s1. The summed E-state index contributed by atoms with van der Waals surface area (Å²) in [6.07, 6.45) is 2.68. The number of carbonyl (C=O) groups is 2. The number of urea groups is 1. The van der Waals surface area contributed by atoms with Gasteiger partial charge in [-0.25, -0.2) is 4.79 Å². The van der Waals surface area contributed by atoms with Crippen LogP contribution >= 0.6 is 0 Å². The molecule has 1 aromatic carbocycles. The van der Waals surface area contributed by atoms with Crippen molar-refractivity contribution in [1.29, 1.82) is 0 Å². The minimum atomic E-state index is -0.307. The molecule has 7 heteroatoms. The quantitative estimate of drug-likeness (QED) is 0.804. The second-order valence-electron chi connectivity index (χ2n) is 8.98. The van der Waals surface area contributed by atoms with E-state index < -0.39 is 0 Å². The Hall–Kier alpha value is -2.12. The number of para-hydroxylation sites is 1. The number of methoxy groups -OCH3 is 1. The number of piperidine rings is 1. The van der Waals surface area contributed by atoms with Crippen LogP contribution in [-0.2, 0) is 9.53 Å². The number of hydrogen-bond acceptors (Lipinski definition) is 4. The molecule has 0 aromatic heterocycles. The van der Waals surface area contributed by atoms with Gasteiger partial charge in [-0.1, -0.05) is 18.2 Å². The lowest BCUT2D eigenvalue weighted by molar-refractivity contribution is -0.141. The maximum absolute atomic E-state index is 13.5. The summed E-state index contributed by atoms with van der Waals surface area (Å²) in [6, 6.07) is 9.53. The first-order chi connectivity index (χ1) is 14.5. The van der Waals surface area contributed by atoms with Crippen LogP contribution < -0.4 is 5.32 Å². The van der Waals surface area contributed by atoms with Crippen LogP contribution in [0.3, 0.4) is 0 Å². The van der Waals surface area contributed by atoms with E-state index in [1.165, 1.54) is 0 Å². The average molecular weight is 415 g/mol. The number of nitrogens with zero attached hydrogens (tertiary/aromatic N) is 3. The first kappa shape index (κ1) is 21.1. The molecule has 1 aromatic rings. The van der Waals surface area contributed by atoms with Crippen molar-refractivity contribution in [3.8, 4) is 0 Å². The summed E-state index contributed by atoms with van der Waals surface area (Å²) in [4.78, 5) is 32.6. The molecule has 3 amide bonds. The van der Waals surface area contributed by atoms with Crippen molar-refractivity contribution in [1.82, 2.24) is 14.7 Å². The summed E-state index contributed by atoms with van der Waals surface area (Å²) in [5.74, 6) is 0.326. The molecule has 0 radical (unpaired) electrons. The van der Waals surface area contributed by atoms with Gasteiger partial charge in [0.15, 0.2) is 0 Å². The van der Waals surface area contributed by atoms with Crippen LogP contribution in [0.2, 0.25) is 0 Å². The molecule has 2 spiro atoms. The topological polar surface area (TPSA) is 65.1 Å². The Labute approximate surface area is 179 Å². The number of benzene rings is 1. The number of fused-ring (bicyclic) bond motifs is 1. The summed E-state index contributed by atoms with van der Waals surface area (Å²) >= 11 is 0. The Kier molecular flexibility index (Phi) is 6.02. The first-order valence-electron chi connectivity index (χ1n) is 11.2. The highest BCUT2D eigenvalue weighted by Gasteiger charge is 2.64. The van der Waals surface area contributed by atoms with Crippen LogP contribution in [0.25, 0.3) is 0 Å². The van der Waals surface area contributed by atoms with Gasteiger partial charge in [-0.3, -0.25) is 9.69 Å². The number of hydrogen-bond donors (Lipinski definition) is 1. The summed E-state index contributed by atoms with van der Waals surface area (Å²) in [7, 11) is 1.73. The summed E-state index contributed by atoms with van der Waals surface area (Å²) < 4.78 is 5.31. The third-order valence-electron chi connectivity index (χ3n) is 7.57. The van der Waals surface area contributed by atoms with E-state index >= 15 is 0 Å². The number of anilines is 1. The minimum absolute atomic E-state index is 0.0488. The third kappa shape index (κ3) is 3.58. The van der Waals surface area contributed by atoms with Gasteiger partial charge in [0, 0.05) is 64.0 Å². The molecular weight excluding hydrogens is 380 g/mol. The van der Waals surface area contributed by atoms with E-state index in [4.69, 9.17) is 4.74 Å². The fourth-order valence-corrected chi connectivity index (χ4v) is 5.84. The lowest BCUT2D eigenvalue weighted by Gasteiger charge is -2.47. The maximum Gasteiger partial charge on any atom is 0.321 e. The Morgan fingerprint density at radius 3 is 2.47 bits per heavy atom. The maximum atomic E-state index is 13.5. The van der Waals surface area contributed by atoms with Gasteiger partial charge in [-0.2, -0.15) is 0 Å². The van der Waals surface area contributed by atoms with Crippen molar-refractivity contribution in [2.24, 2.45) is 10.8 Å². The van der Waals surface area contributed by atoms with Gasteiger partial charge >= 0.3 is 6.03 Å². The van der Waals surface area contributed by atoms with Crippen molar-refractivity contribution in [2.75, 3.05) is 64.8 Å². The molecule has 1 N–H and O–H groups in total. The number of rotatable bonds is 5. The molecule has 0 saturated carbocycles. The summed E-state index contributed by atoms with van der Waals surface area (Å²) in [5, 5.41) is 3.00. The van der Waals surface area contributed by atoms with Gasteiger partial charge in [0.1, 0.15) is 0 Å². The normalized spacial score (nSPS) is 26.1. The average Bonchev–Trinajstić information content (AvgIpc) is 3.25. The molecular formula is C23H34N4O3. The van der Waals surface area contributed by atoms with Gasteiger partial charge in [-0.05, 0) is 38.3 Å². The van der Waals surface area contributed by atoms with Crippen LogP contribution in [0.1, 0.15) is 26.2 Å². The number of amides is 3. The molecule has 3 aliphatic rings. The molecule has 0 aliphatic carbocycles. The van der Waals surface area contributed by atoms with Crippen LogP contribution in [0, 0.1) is 10.8 Å². The second-order valence-corrected chi connectivity index (χ2v) is 8.98. The van der Waals surface area contributed by atoms with Crippen molar-refractivity contribution in [3.05, 3.63) is 30.3 Å². The molecule has 4 rings (SSSR count). The van der Waals surface area contributed by atoms with Crippen molar-refractivity contribution in [2.45, 2.75) is 26.2 Å². The molecule has 3 aliphatic heterocycles. The molecule has 1 atom stereocenters. The van der Waals surface area contributed by atoms with Crippen molar-refractivity contribution in [3.63, 3.8) is 0 Å². The van der Waals surface area contributed by atoms with Gasteiger partial charge in [0.05, 0.1) is 12.0 Å².